The molecule has 1 aromatic heterocycles. The van der Waals surface area contributed by atoms with Crippen LogP contribution in [0.5, 0.6) is 0 Å². The smallest absolute Gasteiger partial charge is 0.190 e. The molecular formula is C9H5ClOS. The van der Waals surface area contributed by atoms with Crippen LogP contribution < -0.4 is 0 Å². The van der Waals surface area contributed by atoms with E-state index in [0.29, 0.717) is 9.73 Å². The van der Waals surface area contributed by atoms with Crippen molar-refractivity contribution >= 4 is 34.8 Å². The van der Waals surface area contributed by atoms with Crippen molar-refractivity contribution in [1.82, 2.24) is 0 Å². The minimum absolute atomic E-state index is 0.491. The highest BCUT2D eigenvalue weighted by Gasteiger charge is 1.94. The van der Waals surface area contributed by atoms with Crippen LogP contribution in [-0.2, 0) is 0 Å². The molecule has 0 bridgehead atoms. The molecule has 0 saturated heterocycles. The summed E-state index contributed by atoms with van der Waals surface area (Å²) < 4.78 is 5.76. The molecule has 0 aliphatic rings. The van der Waals surface area contributed by atoms with Crippen LogP contribution >= 0.6 is 23.8 Å². The molecule has 0 N–H and O–H groups in total. The lowest BCUT2D eigenvalue weighted by Crippen LogP contribution is -1.71. The van der Waals surface area contributed by atoms with Crippen LogP contribution in [0.2, 0.25) is 5.02 Å². The molecule has 0 saturated carbocycles. The maximum absolute atomic E-state index is 5.79. The number of hydrogen-bond acceptors (Lipinski definition) is 2. The Bertz CT molecular complexity index is 475. The van der Waals surface area contributed by atoms with Gasteiger partial charge < -0.3 is 4.42 Å². The molecule has 1 aromatic carbocycles. The van der Waals surface area contributed by atoms with E-state index in [-0.39, 0.29) is 0 Å². The van der Waals surface area contributed by atoms with Crippen molar-refractivity contribution in [1.29, 1.82) is 0 Å². The summed E-state index contributed by atoms with van der Waals surface area (Å²) in [5, 5.41) is 1.67. The van der Waals surface area contributed by atoms with Crippen LogP contribution in [-0.4, -0.2) is 0 Å². The molecular weight excluding hydrogens is 192 g/mol. The lowest BCUT2D eigenvalue weighted by atomic mass is 10.2. The van der Waals surface area contributed by atoms with Crippen LogP contribution in [0.15, 0.2) is 34.7 Å². The van der Waals surface area contributed by atoms with Crippen LogP contribution in [0.3, 0.4) is 0 Å². The molecule has 0 fully saturated rings. The lowest BCUT2D eigenvalue weighted by Gasteiger charge is -1.95. The van der Waals surface area contributed by atoms with E-state index in [2.05, 4.69) is 0 Å². The minimum Gasteiger partial charge on any atom is -0.445 e. The van der Waals surface area contributed by atoms with Crippen molar-refractivity contribution in [2.24, 2.45) is 0 Å². The molecule has 0 unspecified atom stereocenters. The standard InChI is InChI=1S/C9H5ClOS/c10-7-2-3-8-6(5-7)1-4-9(12)11-8/h1-5H. The second-order valence-corrected chi connectivity index (χ2v) is 3.28. The molecule has 2 aromatic rings. The topological polar surface area (TPSA) is 13.1 Å². The first-order valence-corrected chi connectivity index (χ1v) is 4.24. The zero-order valence-electron chi connectivity index (χ0n) is 6.08. The van der Waals surface area contributed by atoms with Gasteiger partial charge in [0.15, 0.2) is 4.71 Å². The van der Waals surface area contributed by atoms with Crippen molar-refractivity contribution < 1.29 is 4.42 Å². The maximum Gasteiger partial charge on any atom is 0.190 e. The van der Waals surface area contributed by atoms with Gasteiger partial charge in [-0.1, -0.05) is 11.6 Å². The average Bonchev–Trinajstić information content (AvgIpc) is 2.05. The van der Waals surface area contributed by atoms with E-state index in [0.717, 1.165) is 11.0 Å². The number of rotatable bonds is 0. The molecule has 12 heavy (non-hydrogen) atoms. The van der Waals surface area contributed by atoms with Crippen LogP contribution in [0.1, 0.15) is 0 Å². The summed E-state index contributed by atoms with van der Waals surface area (Å²) in [6.45, 7) is 0. The number of hydrogen-bond donors (Lipinski definition) is 0. The first kappa shape index (κ1) is 7.77. The SMILES string of the molecule is S=c1ccc2cc(Cl)ccc2o1. The fraction of sp³-hybridized carbons (Fsp3) is 0. The molecule has 1 nitrogen and oxygen atoms in total. The fourth-order valence-electron chi connectivity index (χ4n) is 1.04. The normalized spacial score (nSPS) is 10.4. The van der Waals surface area contributed by atoms with Crippen LogP contribution in [0.25, 0.3) is 11.0 Å². The lowest BCUT2D eigenvalue weighted by molar-refractivity contribution is 0.586. The summed E-state index contributed by atoms with van der Waals surface area (Å²) in [5.74, 6) is 0. The van der Waals surface area contributed by atoms with Gasteiger partial charge in [-0.05, 0) is 42.5 Å². The quantitative estimate of drug-likeness (QED) is 0.595. The Hall–Kier alpha value is -0.860. The van der Waals surface area contributed by atoms with Crippen LogP contribution in [0, 0.1) is 4.71 Å². The average molecular weight is 197 g/mol. The molecule has 60 valence electrons. The summed E-state index contributed by atoms with van der Waals surface area (Å²) in [5.41, 5.74) is 0.770. The Labute approximate surface area is 79.6 Å². The monoisotopic (exact) mass is 196 g/mol. The van der Waals surface area contributed by atoms with Gasteiger partial charge in [0.1, 0.15) is 5.58 Å². The molecule has 0 atom stereocenters. The highest BCUT2D eigenvalue weighted by atomic mass is 35.5. The second kappa shape index (κ2) is 2.88. The van der Waals surface area contributed by atoms with Crippen molar-refractivity contribution in [3.8, 4) is 0 Å². The Morgan fingerprint density at radius 2 is 2.00 bits per heavy atom. The zero-order valence-corrected chi connectivity index (χ0v) is 7.65. The molecule has 3 heteroatoms. The molecule has 0 radical (unpaired) electrons. The second-order valence-electron chi connectivity index (χ2n) is 2.44. The van der Waals surface area contributed by atoms with Gasteiger partial charge in [-0.2, -0.15) is 0 Å². The Morgan fingerprint density at radius 1 is 1.17 bits per heavy atom. The van der Waals surface area contributed by atoms with Gasteiger partial charge in [0, 0.05) is 10.4 Å². The summed E-state index contributed by atoms with van der Waals surface area (Å²) in [4.78, 5) is 0. The van der Waals surface area contributed by atoms with E-state index >= 15 is 0 Å². The molecule has 0 aliphatic carbocycles. The van der Waals surface area contributed by atoms with E-state index in [1.807, 2.05) is 18.2 Å². The third kappa shape index (κ3) is 1.36. The summed E-state index contributed by atoms with van der Waals surface area (Å²) >= 11 is 10.7. The Morgan fingerprint density at radius 3 is 2.83 bits per heavy atom. The highest BCUT2D eigenvalue weighted by Crippen LogP contribution is 2.18. The van der Waals surface area contributed by atoms with Gasteiger partial charge in [-0.15, -0.1) is 0 Å². The van der Waals surface area contributed by atoms with Gasteiger partial charge in [-0.3, -0.25) is 0 Å². The molecule has 1 heterocycles. The van der Waals surface area contributed by atoms with E-state index in [9.17, 15) is 0 Å². The molecule has 0 spiro atoms. The summed E-state index contributed by atoms with van der Waals surface area (Å²) in [6.07, 6.45) is 0. The first-order valence-electron chi connectivity index (χ1n) is 3.45. The first-order chi connectivity index (χ1) is 5.75. The molecule has 0 amide bonds. The molecule has 0 aliphatic heterocycles. The summed E-state index contributed by atoms with van der Waals surface area (Å²) in [7, 11) is 0. The fourth-order valence-corrected chi connectivity index (χ4v) is 1.38. The predicted molar refractivity (Wildman–Crippen MR) is 52.1 cm³/mol. The van der Waals surface area contributed by atoms with E-state index in [4.69, 9.17) is 28.2 Å². The van der Waals surface area contributed by atoms with Crippen molar-refractivity contribution in [3.05, 3.63) is 40.1 Å². The number of halogens is 1. The molecule has 2 rings (SSSR count). The van der Waals surface area contributed by atoms with E-state index < -0.39 is 0 Å². The van der Waals surface area contributed by atoms with Gasteiger partial charge in [0.2, 0.25) is 0 Å². The predicted octanol–water partition coefficient (Wildman–Crippen LogP) is 3.82. The van der Waals surface area contributed by atoms with Crippen molar-refractivity contribution in [2.45, 2.75) is 0 Å². The van der Waals surface area contributed by atoms with Gasteiger partial charge in [-0.25, -0.2) is 0 Å². The van der Waals surface area contributed by atoms with Gasteiger partial charge in [0.25, 0.3) is 0 Å². The minimum atomic E-state index is 0.491. The Kier molecular flexibility index (Phi) is 1.87. The van der Waals surface area contributed by atoms with Gasteiger partial charge in [0.05, 0.1) is 0 Å². The van der Waals surface area contributed by atoms with E-state index in [1.165, 1.54) is 0 Å². The third-order valence-corrected chi connectivity index (χ3v) is 2.04. The summed E-state index contributed by atoms with van der Waals surface area (Å²) in [6, 6.07) is 9.08. The maximum atomic E-state index is 5.79. The largest absolute Gasteiger partial charge is 0.445 e. The third-order valence-electron chi connectivity index (χ3n) is 1.58. The van der Waals surface area contributed by atoms with Crippen molar-refractivity contribution in [2.75, 3.05) is 0 Å². The van der Waals surface area contributed by atoms with Crippen molar-refractivity contribution in [3.63, 3.8) is 0 Å². The van der Waals surface area contributed by atoms with Crippen LogP contribution in [0.4, 0.5) is 0 Å². The number of fused-ring (bicyclic) bond motifs is 1. The number of benzene rings is 1. The Balaban J connectivity index is 2.87. The zero-order chi connectivity index (χ0) is 8.55. The van der Waals surface area contributed by atoms with Gasteiger partial charge >= 0.3 is 0 Å². The van der Waals surface area contributed by atoms with E-state index in [1.54, 1.807) is 12.1 Å². The highest BCUT2D eigenvalue weighted by molar-refractivity contribution is 7.71.